The molecule has 0 amide bonds. The van der Waals surface area contributed by atoms with E-state index in [0.29, 0.717) is 28.7 Å². The number of furan rings is 1. The molecule has 0 saturated carbocycles. The molecule has 0 atom stereocenters. The Bertz CT molecular complexity index is 1620. The standard InChI is InChI=1S/C31H19Br2ClN2O2/c32-26-15-21(16-27(33)30(26)37-19-20-11-13-24(34)14-12-20)18-36-31-25(17-35)28(22-7-3-1-4-8-22)29(38-31)23-9-5-2-6-10-23/h1-16,18H,19H2. The third-order valence-electron chi connectivity index (χ3n) is 5.75. The molecule has 0 saturated heterocycles. The summed E-state index contributed by atoms with van der Waals surface area (Å²) in [6, 6.07) is 33.1. The van der Waals surface area contributed by atoms with E-state index < -0.39 is 0 Å². The van der Waals surface area contributed by atoms with Crippen molar-refractivity contribution in [3.05, 3.63) is 128 Å². The lowest BCUT2D eigenvalue weighted by molar-refractivity contribution is 0.302. The second-order valence-electron chi connectivity index (χ2n) is 8.32. The largest absolute Gasteiger partial charge is 0.487 e. The van der Waals surface area contributed by atoms with E-state index in [-0.39, 0.29) is 5.88 Å². The SMILES string of the molecule is N#Cc1c(N=Cc2cc(Br)c(OCc3ccc(Cl)cc3)c(Br)c2)oc(-c2ccccc2)c1-c1ccccc1. The van der Waals surface area contributed by atoms with Gasteiger partial charge in [-0.05, 0) is 72.8 Å². The van der Waals surface area contributed by atoms with Crippen molar-refractivity contribution in [3.63, 3.8) is 0 Å². The highest BCUT2D eigenvalue weighted by molar-refractivity contribution is 9.11. The van der Waals surface area contributed by atoms with Crippen molar-refractivity contribution >= 4 is 55.6 Å². The molecule has 4 aromatic carbocycles. The number of nitriles is 1. The highest BCUT2D eigenvalue weighted by Crippen LogP contribution is 2.42. The Hall–Kier alpha value is -3.63. The van der Waals surface area contributed by atoms with Crippen LogP contribution >= 0.6 is 43.5 Å². The quantitative estimate of drug-likeness (QED) is 0.165. The molecule has 0 radical (unpaired) electrons. The van der Waals surface area contributed by atoms with Crippen molar-refractivity contribution in [2.75, 3.05) is 0 Å². The molecule has 5 rings (SSSR count). The lowest BCUT2D eigenvalue weighted by Crippen LogP contribution is -1.97. The summed E-state index contributed by atoms with van der Waals surface area (Å²) in [5.74, 6) is 1.53. The molecule has 0 bridgehead atoms. The van der Waals surface area contributed by atoms with Crippen LogP contribution in [-0.2, 0) is 6.61 Å². The van der Waals surface area contributed by atoms with Crippen LogP contribution in [0, 0.1) is 11.3 Å². The van der Waals surface area contributed by atoms with Gasteiger partial charge in [0, 0.05) is 22.4 Å². The maximum absolute atomic E-state index is 10.1. The van der Waals surface area contributed by atoms with Crippen molar-refractivity contribution < 1.29 is 9.15 Å². The summed E-state index contributed by atoms with van der Waals surface area (Å²) >= 11 is 13.2. The topological polar surface area (TPSA) is 58.5 Å². The van der Waals surface area contributed by atoms with E-state index in [1.165, 1.54) is 0 Å². The third kappa shape index (κ3) is 5.76. The van der Waals surface area contributed by atoms with E-state index in [4.69, 9.17) is 20.8 Å². The monoisotopic (exact) mass is 644 g/mol. The molecule has 0 spiro atoms. The van der Waals surface area contributed by atoms with Gasteiger partial charge in [-0.1, -0.05) is 84.4 Å². The predicted molar refractivity (Wildman–Crippen MR) is 159 cm³/mol. The Balaban J connectivity index is 1.47. The molecule has 4 nitrogen and oxygen atoms in total. The Kier molecular flexibility index (Phi) is 8.09. The summed E-state index contributed by atoms with van der Waals surface area (Å²) in [4.78, 5) is 4.58. The normalized spacial score (nSPS) is 11.0. The number of hydrogen-bond donors (Lipinski definition) is 0. The second kappa shape index (κ2) is 11.8. The van der Waals surface area contributed by atoms with Gasteiger partial charge in [0.15, 0.2) is 0 Å². The van der Waals surface area contributed by atoms with Crippen LogP contribution < -0.4 is 4.74 Å². The minimum absolute atomic E-state index is 0.250. The molecule has 0 aliphatic carbocycles. The molecule has 186 valence electrons. The highest BCUT2D eigenvalue weighted by Gasteiger charge is 2.22. The molecule has 0 aliphatic heterocycles. The van der Waals surface area contributed by atoms with E-state index in [1.54, 1.807) is 6.21 Å². The minimum Gasteiger partial charge on any atom is -0.487 e. The summed E-state index contributed by atoms with van der Waals surface area (Å²) in [7, 11) is 0. The third-order valence-corrected chi connectivity index (χ3v) is 7.18. The summed E-state index contributed by atoms with van der Waals surface area (Å²) < 4.78 is 13.7. The fraction of sp³-hybridized carbons (Fsp3) is 0.0323. The van der Waals surface area contributed by atoms with Crippen LogP contribution in [0.2, 0.25) is 5.02 Å². The van der Waals surface area contributed by atoms with Gasteiger partial charge < -0.3 is 9.15 Å². The predicted octanol–water partition coefficient (Wildman–Crippen LogP) is 9.99. The zero-order chi connectivity index (χ0) is 26.5. The van der Waals surface area contributed by atoms with E-state index >= 15 is 0 Å². The van der Waals surface area contributed by atoms with Crippen LogP contribution in [-0.4, -0.2) is 6.21 Å². The molecule has 7 heteroatoms. The first-order valence-corrected chi connectivity index (χ1v) is 13.6. The first-order valence-electron chi connectivity index (χ1n) is 11.6. The van der Waals surface area contributed by atoms with Gasteiger partial charge in [0.2, 0.25) is 5.88 Å². The van der Waals surface area contributed by atoms with Gasteiger partial charge in [0.05, 0.1) is 8.95 Å². The van der Waals surface area contributed by atoms with E-state index in [2.05, 4.69) is 42.9 Å². The first kappa shape index (κ1) is 26.0. The molecular weight excluding hydrogens is 628 g/mol. The van der Waals surface area contributed by atoms with Gasteiger partial charge in [0.25, 0.3) is 0 Å². The van der Waals surface area contributed by atoms with Crippen LogP contribution in [0.5, 0.6) is 5.75 Å². The fourth-order valence-corrected chi connectivity index (χ4v) is 5.52. The molecule has 0 aliphatic rings. The van der Waals surface area contributed by atoms with Gasteiger partial charge >= 0.3 is 0 Å². The van der Waals surface area contributed by atoms with Crippen LogP contribution in [0.15, 0.2) is 115 Å². The van der Waals surface area contributed by atoms with Gasteiger partial charge in [-0.3, -0.25) is 0 Å². The van der Waals surface area contributed by atoms with Gasteiger partial charge in [0.1, 0.15) is 29.7 Å². The van der Waals surface area contributed by atoms with E-state index in [9.17, 15) is 5.26 Å². The van der Waals surface area contributed by atoms with Crippen molar-refractivity contribution in [1.29, 1.82) is 5.26 Å². The lowest BCUT2D eigenvalue weighted by Gasteiger charge is -2.11. The van der Waals surface area contributed by atoms with Crippen LogP contribution in [0.1, 0.15) is 16.7 Å². The zero-order valence-electron chi connectivity index (χ0n) is 19.9. The Morgan fingerprint density at radius 3 is 2.08 bits per heavy atom. The average Bonchev–Trinajstić information content (AvgIpc) is 3.32. The smallest absolute Gasteiger partial charge is 0.238 e. The van der Waals surface area contributed by atoms with Crippen LogP contribution in [0.4, 0.5) is 5.88 Å². The molecule has 0 unspecified atom stereocenters. The Labute approximate surface area is 242 Å². The Morgan fingerprint density at radius 1 is 0.868 bits per heavy atom. The molecule has 5 aromatic rings. The maximum atomic E-state index is 10.1. The van der Waals surface area contributed by atoms with Crippen molar-refractivity contribution in [2.24, 2.45) is 4.99 Å². The number of nitrogens with zero attached hydrogens (tertiary/aromatic N) is 2. The van der Waals surface area contributed by atoms with Gasteiger partial charge in [-0.2, -0.15) is 5.26 Å². The fourth-order valence-electron chi connectivity index (χ4n) is 3.95. The van der Waals surface area contributed by atoms with Crippen LogP contribution in [0.3, 0.4) is 0 Å². The van der Waals surface area contributed by atoms with Crippen molar-refractivity contribution in [1.82, 2.24) is 0 Å². The average molecular weight is 647 g/mol. The van der Waals surface area contributed by atoms with E-state index in [0.717, 1.165) is 36.8 Å². The number of hydrogen-bond acceptors (Lipinski definition) is 4. The van der Waals surface area contributed by atoms with Crippen LogP contribution in [0.25, 0.3) is 22.5 Å². The zero-order valence-corrected chi connectivity index (χ0v) is 23.8. The molecule has 38 heavy (non-hydrogen) atoms. The summed E-state index contributed by atoms with van der Waals surface area (Å²) in [5, 5.41) is 10.8. The van der Waals surface area contributed by atoms with Gasteiger partial charge in [-0.15, -0.1) is 0 Å². The summed E-state index contributed by atoms with van der Waals surface area (Å²) in [6.07, 6.45) is 1.67. The number of aliphatic imine (C=N–C) groups is 1. The number of benzene rings is 4. The summed E-state index contributed by atoms with van der Waals surface area (Å²) in [5.41, 5.74) is 4.67. The second-order valence-corrected chi connectivity index (χ2v) is 10.5. The first-order chi connectivity index (χ1) is 18.5. The molecule has 1 aromatic heterocycles. The number of halogens is 3. The minimum atomic E-state index is 0.250. The number of ether oxygens (including phenoxy) is 1. The highest BCUT2D eigenvalue weighted by atomic mass is 79.9. The Morgan fingerprint density at radius 2 is 1.47 bits per heavy atom. The maximum Gasteiger partial charge on any atom is 0.238 e. The van der Waals surface area contributed by atoms with Crippen molar-refractivity contribution in [2.45, 2.75) is 6.61 Å². The molecule has 0 N–H and O–H groups in total. The lowest BCUT2D eigenvalue weighted by atomic mass is 9.98. The summed E-state index contributed by atoms with van der Waals surface area (Å²) in [6.45, 7) is 0.393. The van der Waals surface area contributed by atoms with E-state index in [1.807, 2.05) is 97.1 Å². The van der Waals surface area contributed by atoms with Crippen molar-refractivity contribution in [3.8, 4) is 34.3 Å². The number of rotatable bonds is 7. The molecule has 0 fully saturated rings. The molecular formula is C31H19Br2ClN2O2. The van der Waals surface area contributed by atoms with Gasteiger partial charge in [-0.25, -0.2) is 4.99 Å². The molecule has 1 heterocycles.